The van der Waals surface area contributed by atoms with Crippen molar-refractivity contribution in [1.82, 2.24) is 0 Å². The number of hydrogen-bond acceptors (Lipinski definition) is 2. The maximum Gasteiger partial charge on any atom is 0.0745 e. The molecule has 110 valence electrons. The van der Waals surface area contributed by atoms with Gasteiger partial charge in [-0.25, -0.2) is 0 Å². The minimum Gasteiger partial charge on any atom is -0.393 e. The van der Waals surface area contributed by atoms with Crippen LogP contribution < -0.4 is 10.6 Å². The van der Waals surface area contributed by atoms with Crippen molar-refractivity contribution in [2.24, 2.45) is 11.7 Å². The predicted octanol–water partition coefficient (Wildman–Crippen LogP) is 4.14. The second kappa shape index (κ2) is 7.63. The second-order valence-electron chi connectivity index (χ2n) is 5.84. The second-order valence-corrected chi connectivity index (χ2v) is 6.36. The standard InChI is InChI=1S/C17H26N2S/c1-2-14-7-6-10-16(13-14)19(12-11-17(18)20)15-8-4-3-5-9-15/h3-5,8-9,14,16H,2,6-7,10-13H2,1H3,(H2,18,20). The summed E-state index contributed by atoms with van der Waals surface area (Å²) in [5, 5.41) is 0. The van der Waals surface area contributed by atoms with E-state index in [0.717, 1.165) is 18.9 Å². The topological polar surface area (TPSA) is 29.3 Å². The number of para-hydroxylation sites is 1. The summed E-state index contributed by atoms with van der Waals surface area (Å²) in [7, 11) is 0. The van der Waals surface area contributed by atoms with E-state index in [2.05, 4.69) is 42.2 Å². The van der Waals surface area contributed by atoms with Crippen molar-refractivity contribution in [3.63, 3.8) is 0 Å². The third-order valence-electron chi connectivity index (χ3n) is 4.46. The molecule has 0 spiro atoms. The van der Waals surface area contributed by atoms with Crippen LogP contribution in [-0.2, 0) is 0 Å². The average Bonchev–Trinajstić information content (AvgIpc) is 2.48. The Bertz CT molecular complexity index is 418. The Morgan fingerprint density at radius 1 is 1.30 bits per heavy atom. The van der Waals surface area contributed by atoms with Crippen LogP contribution >= 0.6 is 12.2 Å². The van der Waals surface area contributed by atoms with Crippen LogP contribution in [0.3, 0.4) is 0 Å². The van der Waals surface area contributed by atoms with Gasteiger partial charge in [-0.15, -0.1) is 0 Å². The van der Waals surface area contributed by atoms with Crippen LogP contribution in [0.5, 0.6) is 0 Å². The minimum absolute atomic E-state index is 0.619. The van der Waals surface area contributed by atoms with Crippen molar-refractivity contribution in [3.05, 3.63) is 30.3 Å². The average molecular weight is 290 g/mol. The highest BCUT2D eigenvalue weighted by Crippen LogP contribution is 2.32. The molecule has 1 aliphatic carbocycles. The Morgan fingerprint density at radius 2 is 2.05 bits per heavy atom. The molecule has 0 heterocycles. The Kier molecular flexibility index (Phi) is 5.84. The summed E-state index contributed by atoms with van der Waals surface area (Å²) in [6, 6.07) is 11.4. The lowest BCUT2D eigenvalue weighted by molar-refractivity contribution is 0.304. The van der Waals surface area contributed by atoms with Crippen molar-refractivity contribution >= 4 is 22.9 Å². The maximum absolute atomic E-state index is 5.71. The Balaban J connectivity index is 2.11. The lowest BCUT2D eigenvalue weighted by Gasteiger charge is -2.39. The molecule has 0 saturated heterocycles. The minimum atomic E-state index is 0.619. The van der Waals surface area contributed by atoms with Gasteiger partial charge in [0.2, 0.25) is 0 Å². The largest absolute Gasteiger partial charge is 0.393 e. The molecule has 0 radical (unpaired) electrons. The highest BCUT2D eigenvalue weighted by Gasteiger charge is 2.26. The van der Waals surface area contributed by atoms with Crippen molar-refractivity contribution in [1.29, 1.82) is 0 Å². The van der Waals surface area contributed by atoms with Crippen molar-refractivity contribution in [3.8, 4) is 0 Å². The number of benzene rings is 1. The summed E-state index contributed by atoms with van der Waals surface area (Å²) in [6.07, 6.45) is 7.45. The Hall–Kier alpha value is -1.09. The van der Waals surface area contributed by atoms with Gasteiger partial charge in [-0.3, -0.25) is 0 Å². The smallest absolute Gasteiger partial charge is 0.0745 e. The van der Waals surface area contributed by atoms with Crippen molar-refractivity contribution in [2.45, 2.75) is 51.5 Å². The zero-order chi connectivity index (χ0) is 14.4. The molecule has 2 N–H and O–H groups in total. The zero-order valence-electron chi connectivity index (χ0n) is 12.4. The molecular weight excluding hydrogens is 264 g/mol. The summed E-state index contributed by atoms with van der Waals surface area (Å²) in [6.45, 7) is 3.26. The molecule has 2 unspecified atom stereocenters. The van der Waals surface area contributed by atoms with Gasteiger partial charge in [0.05, 0.1) is 4.99 Å². The maximum atomic E-state index is 5.71. The van der Waals surface area contributed by atoms with Gasteiger partial charge in [-0.1, -0.05) is 56.6 Å². The van der Waals surface area contributed by atoms with Crippen LogP contribution in [0.1, 0.15) is 45.4 Å². The molecule has 2 atom stereocenters. The number of thiocarbonyl (C=S) groups is 1. The van der Waals surface area contributed by atoms with E-state index in [1.165, 1.54) is 37.8 Å². The van der Waals surface area contributed by atoms with E-state index in [0.29, 0.717) is 11.0 Å². The van der Waals surface area contributed by atoms with Crippen LogP contribution in [0.15, 0.2) is 30.3 Å². The quantitative estimate of drug-likeness (QED) is 0.798. The summed E-state index contributed by atoms with van der Waals surface area (Å²) in [5.74, 6) is 0.879. The van der Waals surface area contributed by atoms with E-state index in [1.807, 2.05) is 0 Å². The van der Waals surface area contributed by atoms with Gasteiger partial charge in [0, 0.05) is 24.7 Å². The summed E-state index contributed by atoms with van der Waals surface area (Å²) >= 11 is 5.06. The molecule has 1 saturated carbocycles. The SMILES string of the molecule is CCC1CCCC(N(CCC(N)=S)c2ccccc2)C1. The van der Waals surface area contributed by atoms with E-state index >= 15 is 0 Å². The van der Waals surface area contributed by atoms with Crippen LogP contribution in [0.25, 0.3) is 0 Å². The normalized spacial score (nSPS) is 22.4. The third kappa shape index (κ3) is 4.20. The molecule has 1 fully saturated rings. The van der Waals surface area contributed by atoms with Crippen LogP contribution in [0, 0.1) is 5.92 Å². The predicted molar refractivity (Wildman–Crippen MR) is 91.2 cm³/mol. The first kappa shape index (κ1) is 15.3. The Morgan fingerprint density at radius 3 is 2.70 bits per heavy atom. The van der Waals surface area contributed by atoms with E-state index in [9.17, 15) is 0 Å². The number of rotatable bonds is 6. The molecule has 2 nitrogen and oxygen atoms in total. The molecule has 1 aliphatic rings. The monoisotopic (exact) mass is 290 g/mol. The van der Waals surface area contributed by atoms with Gasteiger partial charge in [0.25, 0.3) is 0 Å². The fourth-order valence-corrected chi connectivity index (χ4v) is 3.38. The summed E-state index contributed by atoms with van der Waals surface area (Å²) < 4.78 is 0. The number of hydrogen-bond donors (Lipinski definition) is 1. The first-order valence-electron chi connectivity index (χ1n) is 7.80. The van der Waals surface area contributed by atoms with E-state index in [1.54, 1.807) is 0 Å². The molecule has 0 aliphatic heterocycles. The van der Waals surface area contributed by atoms with Crippen molar-refractivity contribution < 1.29 is 0 Å². The fraction of sp³-hybridized carbons (Fsp3) is 0.588. The molecule has 1 aromatic rings. The van der Waals surface area contributed by atoms with Gasteiger partial charge in [-0.05, 0) is 30.9 Å². The molecule has 3 heteroatoms. The van der Waals surface area contributed by atoms with Gasteiger partial charge in [-0.2, -0.15) is 0 Å². The molecule has 2 rings (SSSR count). The van der Waals surface area contributed by atoms with Gasteiger partial charge in [0.1, 0.15) is 0 Å². The highest BCUT2D eigenvalue weighted by atomic mass is 32.1. The van der Waals surface area contributed by atoms with Gasteiger partial charge in [0.15, 0.2) is 0 Å². The molecule has 0 bridgehead atoms. The molecular formula is C17H26N2S. The first-order chi connectivity index (χ1) is 9.70. The number of nitrogens with two attached hydrogens (primary N) is 1. The molecule has 1 aromatic carbocycles. The first-order valence-corrected chi connectivity index (χ1v) is 8.21. The van der Waals surface area contributed by atoms with E-state index in [-0.39, 0.29) is 0 Å². The highest BCUT2D eigenvalue weighted by molar-refractivity contribution is 7.80. The molecule has 0 aromatic heterocycles. The Labute approximate surface area is 128 Å². The number of anilines is 1. The lowest BCUT2D eigenvalue weighted by atomic mass is 9.83. The lowest BCUT2D eigenvalue weighted by Crippen LogP contribution is -2.40. The molecule has 0 amide bonds. The summed E-state index contributed by atoms with van der Waals surface area (Å²) in [5.41, 5.74) is 7.02. The van der Waals surface area contributed by atoms with Gasteiger partial charge >= 0.3 is 0 Å². The fourth-order valence-electron chi connectivity index (χ4n) is 3.29. The molecule has 20 heavy (non-hydrogen) atoms. The van der Waals surface area contributed by atoms with Crippen molar-refractivity contribution in [2.75, 3.05) is 11.4 Å². The zero-order valence-corrected chi connectivity index (χ0v) is 13.2. The van der Waals surface area contributed by atoms with Crippen LogP contribution in [0.2, 0.25) is 0 Å². The van der Waals surface area contributed by atoms with E-state index < -0.39 is 0 Å². The number of nitrogens with zero attached hydrogens (tertiary/aromatic N) is 1. The van der Waals surface area contributed by atoms with Crippen LogP contribution in [0.4, 0.5) is 5.69 Å². The summed E-state index contributed by atoms with van der Waals surface area (Å²) in [4.78, 5) is 3.15. The third-order valence-corrected chi connectivity index (χ3v) is 4.66. The van der Waals surface area contributed by atoms with E-state index in [4.69, 9.17) is 18.0 Å². The van der Waals surface area contributed by atoms with Crippen LogP contribution in [-0.4, -0.2) is 17.6 Å². The van der Waals surface area contributed by atoms with Gasteiger partial charge < -0.3 is 10.6 Å².